The Bertz CT molecular complexity index is 708. The molecule has 1 unspecified atom stereocenters. The lowest BCUT2D eigenvalue weighted by atomic mass is 9.96. The van der Waals surface area contributed by atoms with E-state index in [0.29, 0.717) is 6.04 Å². The number of carbonyl (C=O) groups is 1. The summed E-state index contributed by atoms with van der Waals surface area (Å²) in [4.78, 5) is 14.5. The highest BCUT2D eigenvalue weighted by Gasteiger charge is 2.30. The number of nitrogens with one attached hydrogen (secondary N) is 1. The summed E-state index contributed by atoms with van der Waals surface area (Å²) in [6, 6.07) is 10.8. The van der Waals surface area contributed by atoms with Gasteiger partial charge in [-0.25, -0.2) is 4.79 Å². The van der Waals surface area contributed by atoms with Gasteiger partial charge < -0.3 is 14.8 Å². The van der Waals surface area contributed by atoms with Gasteiger partial charge in [-0.05, 0) is 19.3 Å². The molecule has 0 spiro atoms. The molecule has 2 aliphatic rings. The summed E-state index contributed by atoms with van der Waals surface area (Å²) in [5.74, 6) is 0.875. The predicted molar refractivity (Wildman–Crippen MR) is 96.1 cm³/mol. The molecule has 2 amide bonds. The van der Waals surface area contributed by atoms with E-state index in [2.05, 4.69) is 20.1 Å². The molecule has 1 aliphatic carbocycles. The molecule has 25 heavy (non-hydrogen) atoms. The van der Waals surface area contributed by atoms with Crippen molar-refractivity contribution in [3.8, 4) is 11.4 Å². The first kappa shape index (κ1) is 16.1. The Kier molecular flexibility index (Phi) is 4.68. The Morgan fingerprint density at radius 3 is 2.68 bits per heavy atom. The van der Waals surface area contributed by atoms with E-state index in [1.54, 1.807) is 6.33 Å². The molecule has 1 aromatic heterocycles. The summed E-state index contributed by atoms with van der Waals surface area (Å²) < 4.78 is 2.11. The van der Waals surface area contributed by atoms with Crippen LogP contribution < -0.4 is 5.32 Å². The van der Waals surface area contributed by atoms with Crippen LogP contribution in [-0.4, -0.2) is 44.8 Å². The van der Waals surface area contributed by atoms with Gasteiger partial charge in [0.25, 0.3) is 0 Å². The van der Waals surface area contributed by atoms with E-state index < -0.39 is 0 Å². The quantitative estimate of drug-likeness (QED) is 0.934. The highest BCUT2D eigenvalue weighted by atomic mass is 16.2. The summed E-state index contributed by atoms with van der Waals surface area (Å²) >= 11 is 0. The number of hydrogen-bond donors (Lipinski definition) is 1. The zero-order valence-electron chi connectivity index (χ0n) is 14.5. The van der Waals surface area contributed by atoms with Gasteiger partial charge in [0.2, 0.25) is 0 Å². The van der Waals surface area contributed by atoms with Crippen molar-refractivity contribution in [1.82, 2.24) is 25.0 Å². The minimum atomic E-state index is 0.0868. The van der Waals surface area contributed by atoms with Gasteiger partial charge in [-0.2, -0.15) is 0 Å². The fourth-order valence-electron chi connectivity index (χ4n) is 3.97. The number of hydrogen-bond acceptors (Lipinski definition) is 3. The van der Waals surface area contributed by atoms with Crippen LogP contribution in [0.1, 0.15) is 44.6 Å². The maximum atomic E-state index is 12.6. The lowest BCUT2D eigenvalue weighted by Crippen LogP contribution is -2.44. The summed E-state index contributed by atoms with van der Waals surface area (Å²) in [6.45, 7) is 1.51. The standard InChI is InChI=1S/C19H25N5O/c25-19(21-16-9-5-2-6-10-16)23-12-11-17(13-23)24-14-20-22-18(24)15-7-3-1-4-8-15/h1,3-4,7-8,14,16-17H,2,5-6,9-13H2,(H,21,25). The zero-order valence-corrected chi connectivity index (χ0v) is 14.5. The highest BCUT2D eigenvalue weighted by molar-refractivity contribution is 5.75. The maximum Gasteiger partial charge on any atom is 0.317 e. The van der Waals surface area contributed by atoms with E-state index in [0.717, 1.165) is 43.7 Å². The van der Waals surface area contributed by atoms with Crippen LogP contribution in [0.25, 0.3) is 11.4 Å². The Morgan fingerprint density at radius 1 is 1.08 bits per heavy atom. The third-order valence-electron chi connectivity index (χ3n) is 5.38. The van der Waals surface area contributed by atoms with E-state index in [9.17, 15) is 4.79 Å². The number of likely N-dealkylation sites (tertiary alicyclic amines) is 1. The van der Waals surface area contributed by atoms with Crippen LogP contribution in [0.15, 0.2) is 36.7 Å². The van der Waals surface area contributed by atoms with Crippen LogP contribution >= 0.6 is 0 Å². The van der Waals surface area contributed by atoms with Gasteiger partial charge in [-0.3, -0.25) is 0 Å². The number of aromatic nitrogens is 3. The first-order valence-electron chi connectivity index (χ1n) is 9.31. The van der Waals surface area contributed by atoms with Crippen LogP contribution in [0.3, 0.4) is 0 Å². The lowest BCUT2D eigenvalue weighted by molar-refractivity contribution is 0.199. The molecule has 1 N–H and O–H groups in total. The first-order chi connectivity index (χ1) is 12.3. The number of nitrogens with zero attached hydrogens (tertiary/aromatic N) is 4. The SMILES string of the molecule is O=C(NC1CCCCC1)N1CCC(n2cnnc2-c2ccccc2)C1. The van der Waals surface area contributed by atoms with Crippen LogP contribution in [0, 0.1) is 0 Å². The maximum absolute atomic E-state index is 12.6. The van der Waals surface area contributed by atoms with Crippen LogP contribution in [0.5, 0.6) is 0 Å². The van der Waals surface area contributed by atoms with Crippen LogP contribution in [0.4, 0.5) is 4.79 Å². The molecule has 1 aromatic carbocycles. The molecule has 6 nitrogen and oxygen atoms in total. The molecule has 0 radical (unpaired) electrons. The lowest BCUT2D eigenvalue weighted by Gasteiger charge is -2.26. The molecule has 1 aliphatic heterocycles. The van der Waals surface area contributed by atoms with Gasteiger partial charge in [0.1, 0.15) is 6.33 Å². The first-order valence-corrected chi connectivity index (χ1v) is 9.31. The van der Waals surface area contributed by atoms with Gasteiger partial charge in [0.05, 0.1) is 6.04 Å². The van der Waals surface area contributed by atoms with Gasteiger partial charge in [0.15, 0.2) is 5.82 Å². The van der Waals surface area contributed by atoms with Gasteiger partial charge in [0, 0.05) is 24.7 Å². The molecule has 6 heteroatoms. The van der Waals surface area contributed by atoms with Crippen LogP contribution in [0.2, 0.25) is 0 Å². The second-order valence-corrected chi connectivity index (χ2v) is 7.10. The molecule has 2 aromatic rings. The van der Waals surface area contributed by atoms with E-state index in [1.165, 1.54) is 19.3 Å². The van der Waals surface area contributed by atoms with Crippen molar-refractivity contribution in [2.24, 2.45) is 0 Å². The highest BCUT2D eigenvalue weighted by Crippen LogP contribution is 2.27. The van der Waals surface area contributed by atoms with Crippen LogP contribution in [-0.2, 0) is 0 Å². The normalized spacial score (nSPS) is 21.4. The number of carbonyl (C=O) groups excluding carboxylic acids is 1. The van der Waals surface area contributed by atoms with Crippen molar-refractivity contribution in [3.05, 3.63) is 36.7 Å². The van der Waals surface area contributed by atoms with Gasteiger partial charge in [-0.15, -0.1) is 10.2 Å². The average Bonchev–Trinajstić information content (AvgIpc) is 3.32. The van der Waals surface area contributed by atoms with Crippen molar-refractivity contribution in [3.63, 3.8) is 0 Å². The van der Waals surface area contributed by atoms with Crippen molar-refractivity contribution in [1.29, 1.82) is 0 Å². The number of urea groups is 1. The Hall–Kier alpha value is -2.37. The minimum absolute atomic E-state index is 0.0868. The zero-order chi connectivity index (χ0) is 17.1. The van der Waals surface area contributed by atoms with E-state index >= 15 is 0 Å². The number of rotatable bonds is 3. The molecule has 132 valence electrons. The minimum Gasteiger partial charge on any atom is -0.335 e. The third-order valence-corrected chi connectivity index (χ3v) is 5.38. The number of amides is 2. The van der Waals surface area contributed by atoms with Crippen molar-refractivity contribution in [2.45, 2.75) is 50.6 Å². The largest absolute Gasteiger partial charge is 0.335 e. The Labute approximate surface area is 148 Å². The molecule has 2 heterocycles. The molecular formula is C19H25N5O. The summed E-state index contributed by atoms with van der Waals surface area (Å²) in [5, 5.41) is 11.6. The topological polar surface area (TPSA) is 63.1 Å². The summed E-state index contributed by atoms with van der Waals surface area (Å²) in [6.07, 6.45) is 8.72. The fourth-order valence-corrected chi connectivity index (χ4v) is 3.97. The monoisotopic (exact) mass is 339 g/mol. The Morgan fingerprint density at radius 2 is 1.88 bits per heavy atom. The number of benzene rings is 1. The third kappa shape index (κ3) is 3.52. The van der Waals surface area contributed by atoms with Crippen molar-refractivity contribution < 1.29 is 4.79 Å². The predicted octanol–water partition coefficient (Wildman–Crippen LogP) is 3.23. The molecule has 1 atom stereocenters. The molecule has 1 saturated carbocycles. The fraction of sp³-hybridized carbons (Fsp3) is 0.526. The molecule has 2 fully saturated rings. The molecule has 1 saturated heterocycles. The van der Waals surface area contributed by atoms with E-state index in [4.69, 9.17) is 0 Å². The summed E-state index contributed by atoms with van der Waals surface area (Å²) in [5.41, 5.74) is 1.06. The Balaban J connectivity index is 1.41. The van der Waals surface area contributed by atoms with Crippen molar-refractivity contribution >= 4 is 6.03 Å². The second-order valence-electron chi connectivity index (χ2n) is 7.10. The van der Waals surface area contributed by atoms with Gasteiger partial charge >= 0.3 is 6.03 Å². The second kappa shape index (κ2) is 7.25. The smallest absolute Gasteiger partial charge is 0.317 e. The van der Waals surface area contributed by atoms with Crippen molar-refractivity contribution in [2.75, 3.05) is 13.1 Å². The summed E-state index contributed by atoms with van der Waals surface area (Å²) in [7, 11) is 0. The van der Waals surface area contributed by atoms with E-state index in [-0.39, 0.29) is 12.1 Å². The average molecular weight is 339 g/mol. The molecule has 4 rings (SSSR count). The molecular weight excluding hydrogens is 314 g/mol. The van der Waals surface area contributed by atoms with Gasteiger partial charge in [-0.1, -0.05) is 49.6 Å². The van der Waals surface area contributed by atoms with E-state index in [1.807, 2.05) is 35.2 Å². The molecule has 0 bridgehead atoms.